The number of allylic oxidation sites excluding steroid dienone is 2. The number of nitrogens with two attached hydrogens (primary N) is 1. The van der Waals surface area contributed by atoms with E-state index in [2.05, 4.69) is 0 Å². The maximum Gasteiger partial charge on any atom is 0.116 e. The second-order valence-corrected chi connectivity index (χ2v) is 1.25. The number of rotatable bonds is 2. The van der Waals surface area contributed by atoms with Crippen molar-refractivity contribution >= 4 is 0 Å². The first kappa shape index (κ1) is 7.08. The lowest BCUT2D eigenvalue weighted by Crippen LogP contribution is -1.82. The summed E-state index contributed by atoms with van der Waals surface area (Å²) in [5, 5.41) is 0. The Morgan fingerprint density at radius 3 is 2.38 bits per heavy atom. The number of hydrogen-bond donors (Lipinski definition) is 1. The van der Waals surface area contributed by atoms with E-state index >= 15 is 0 Å². The standard InChI is InChI=1S/C6H11NO/c1-3-6(8-2)4-5-7/h3-5H,7H2,1-2H3/b5-4-,6-3+. The van der Waals surface area contributed by atoms with Gasteiger partial charge >= 0.3 is 0 Å². The highest BCUT2D eigenvalue weighted by Crippen LogP contribution is 1.93. The van der Waals surface area contributed by atoms with Crippen LogP contribution in [0.2, 0.25) is 0 Å². The third-order valence-corrected chi connectivity index (χ3v) is 0.781. The number of hydrogen-bond acceptors (Lipinski definition) is 2. The van der Waals surface area contributed by atoms with Crippen LogP contribution in [0.4, 0.5) is 0 Å². The fourth-order valence-electron chi connectivity index (χ4n) is 0.377. The van der Waals surface area contributed by atoms with Crippen LogP contribution in [0.1, 0.15) is 6.92 Å². The molecule has 0 aromatic rings. The smallest absolute Gasteiger partial charge is 0.116 e. The van der Waals surface area contributed by atoms with E-state index in [0.717, 1.165) is 5.76 Å². The van der Waals surface area contributed by atoms with Crippen molar-refractivity contribution in [1.82, 2.24) is 0 Å². The van der Waals surface area contributed by atoms with Crippen molar-refractivity contribution in [2.24, 2.45) is 5.73 Å². The molecule has 2 N–H and O–H groups in total. The minimum absolute atomic E-state index is 0.785. The van der Waals surface area contributed by atoms with Gasteiger partial charge in [-0.15, -0.1) is 0 Å². The normalized spacial score (nSPS) is 12.5. The molecule has 0 aromatic heterocycles. The molecule has 0 rings (SSSR count). The quantitative estimate of drug-likeness (QED) is 0.428. The Labute approximate surface area is 49.6 Å². The van der Waals surface area contributed by atoms with Crippen LogP contribution in [0.3, 0.4) is 0 Å². The summed E-state index contributed by atoms with van der Waals surface area (Å²) < 4.78 is 4.83. The van der Waals surface area contributed by atoms with Crippen molar-refractivity contribution in [3.63, 3.8) is 0 Å². The lowest BCUT2D eigenvalue weighted by atomic mass is 10.4. The summed E-state index contributed by atoms with van der Waals surface area (Å²) in [4.78, 5) is 0. The number of methoxy groups -OCH3 is 1. The molecule has 0 aliphatic rings. The third-order valence-electron chi connectivity index (χ3n) is 0.781. The Morgan fingerprint density at radius 1 is 1.62 bits per heavy atom. The van der Waals surface area contributed by atoms with E-state index in [-0.39, 0.29) is 0 Å². The molecule has 0 fully saturated rings. The van der Waals surface area contributed by atoms with Crippen LogP contribution in [-0.2, 0) is 4.74 Å². The van der Waals surface area contributed by atoms with Gasteiger partial charge in [-0.3, -0.25) is 0 Å². The summed E-state index contributed by atoms with van der Waals surface area (Å²) >= 11 is 0. The molecule has 0 bridgehead atoms. The van der Waals surface area contributed by atoms with Gasteiger partial charge in [0, 0.05) is 0 Å². The van der Waals surface area contributed by atoms with Crippen LogP contribution in [-0.4, -0.2) is 7.11 Å². The first-order valence-electron chi connectivity index (χ1n) is 2.43. The summed E-state index contributed by atoms with van der Waals surface area (Å²) in [6.45, 7) is 1.89. The zero-order valence-electron chi connectivity index (χ0n) is 5.22. The highest BCUT2D eigenvalue weighted by molar-refractivity contribution is 5.08. The monoisotopic (exact) mass is 113 g/mol. The summed E-state index contributed by atoms with van der Waals surface area (Å²) in [7, 11) is 1.61. The molecule has 0 aliphatic carbocycles. The van der Waals surface area contributed by atoms with E-state index in [9.17, 15) is 0 Å². The summed E-state index contributed by atoms with van der Waals surface area (Å²) in [5.41, 5.74) is 5.08. The van der Waals surface area contributed by atoms with Gasteiger partial charge in [0.15, 0.2) is 0 Å². The van der Waals surface area contributed by atoms with Crippen LogP contribution < -0.4 is 5.73 Å². The van der Waals surface area contributed by atoms with Crippen molar-refractivity contribution in [3.8, 4) is 0 Å². The molecule has 0 spiro atoms. The van der Waals surface area contributed by atoms with E-state index < -0.39 is 0 Å². The summed E-state index contributed by atoms with van der Waals surface area (Å²) in [6.07, 6.45) is 4.97. The van der Waals surface area contributed by atoms with Crippen LogP contribution in [0.5, 0.6) is 0 Å². The Morgan fingerprint density at radius 2 is 2.25 bits per heavy atom. The lowest BCUT2D eigenvalue weighted by molar-refractivity contribution is 0.306. The average Bonchev–Trinajstić information content (AvgIpc) is 1.83. The van der Waals surface area contributed by atoms with Crippen molar-refractivity contribution in [3.05, 3.63) is 24.1 Å². The van der Waals surface area contributed by atoms with Gasteiger partial charge in [0.05, 0.1) is 7.11 Å². The topological polar surface area (TPSA) is 35.2 Å². The molecular weight excluding hydrogens is 102 g/mol. The van der Waals surface area contributed by atoms with Gasteiger partial charge in [-0.05, 0) is 25.3 Å². The summed E-state index contributed by atoms with van der Waals surface area (Å²) in [6, 6.07) is 0. The first-order chi connectivity index (χ1) is 3.85. The molecule has 0 radical (unpaired) electrons. The first-order valence-corrected chi connectivity index (χ1v) is 2.43. The van der Waals surface area contributed by atoms with E-state index in [1.807, 2.05) is 13.0 Å². The van der Waals surface area contributed by atoms with Crippen LogP contribution >= 0.6 is 0 Å². The zero-order chi connectivity index (χ0) is 6.41. The fourth-order valence-corrected chi connectivity index (χ4v) is 0.377. The molecule has 0 atom stereocenters. The predicted molar refractivity (Wildman–Crippen MR) is 34.1 cm³/mol. The van der Waals surface area contributed by atoms with Gasteiger partial charge in [0.25, 0.3) is 0 Å². The third kappa shape index (κ3) is 2.29. The minimum atomic E-state index is 0.785. The van der Waals surface area contributed by atoms with Crippen molar-refractivity contribution < 1.29 is 4.74 Å². The summed E-state index contributed by atoms with van der Waals surface area (Å²) in [5.74, 6) is 0.785. The lowest BCUT2D eigenvalue weighted by Gasteiger charge is -1.94. The molecule has 0 aliphatic heterocycles. The average molecular weight is 113 g/mol. The van der Waals surface area contributed by atoms with Gasteiger partial charge < -0.3 is 10.5 Å². The molecular formula is C6H11NO. The SMILES string of the molecule is C/C=C(\C=C/N)OC. The molecule has 8 heavy (non-hydrogen) atoms. The van der Waals surface area contributed by atoms with Gasteiger partial charge in [0.1, 0.15) is 5.76 Å². The van der Waals surface area contributed by atoms with E-state index in [4.69, 9.17) is 10.5 Å². The highest BCUT2D eigenvalue weighted by Gasteiger charge is 1.80. The maximum atomic E-state index is 5.08. The van der Waals surface area contributed by atoms with Crippen molar-refractivity contribution in [2.75, 3.05) is 7.11 Å². The Balaban J connectivity index is 3.72. The largest absolute Gasteiger partial charge is 0.497 e. The second-order valence-electron chi connectivity index (χ2n) is 1.25. The van der Waals surface area contributed by atoms with Crippen LogP contribution in [0, 0.1) is 0 Å². The van der Waals surface area contributed by atoms with Gasteiger partial charge in [-0.2, -0.15) is 0 Å². The van der Waals surface area contributed by atoms with E-state index in [1.54, 1.807) is 13.2 Å². The molecule has 0 heterocycles. The van der Waals surface area contributed by atoms with Gasteiger partial charge in [-0.25, -0.2) is 0 Å². The zero-order valence-corrected chi connectivity index (χ0v) is 5.22. The highest BCUT2D eigenvalue weighted by atomic mass is 16.5. The van der Waals surface area contributed by atoms with E-state index in [0.29, 0.717) is 0 Å². The molecule has 0 saturated carbocycles. The maximum absolute atomic E-state index is 5.08. The fraction of sp³-hybridized carbons (Fsp3) is 0.333. The molecule has 0 aromatic carbocycles. The molecule has 2 nitrogen and oxygen atoms in total. The molecule has 0 unspecified atom stereocenters. The Hall–Kier alpha value is -0.920. The van der Waals surface area contributed by atoms with Gasteiger partial charge in [-0.1, -0.05) is 0 Å². The second kappa shape index (κ2) is 4.24. The van der Waals surface area contributed by atoms with Crippen molar-refractivity contribution in [2.45, 2.75) is 6.92 Å². The molecule has 2 heteroatoms. The predicted octanol–water partition coefficient (Wildman–Crippen LogP) is 1.01. The van der Waals surface area contributed by atoms with Gasteiger partial charge in [0.2, 0.25) is 0 Å². The Bertz CT molecular complexity index is 102. The molecule has 46 valence electrons. The minimum Gasteiger partial charge on any atom is -0.497 e. The molecule has 0 amide bonds. The van der Waals surface area contributed by atoms with Crippen molar-refractivity contribution in [1.29, 1.82) is 0 Å². The van der Waals surface area contributed by atoms with E-state index in [1.165, 1.54) is 6.20 Å². The Kier molecular flexibility index (Phi) is 3.76. The van der Waals surface area contributed by atoms with Crippen LogP contribution in [0.15, 0.2) is 24.1 Å². The molecule has 0 saturated heterocycles. The number of ether oxygens (including phenoxy) is 1. The van der Waals surface area contributed by atoms with Crippen LogP contribution in [0.25, 0.3) is 0 Å².